The molecule has 0 bridgehead atoms. The van der Waals surface area contributed by atoms with E-state index in [1.165, 1.54) is 6.42 Å². The van der Waals surface area contributed by atoms with Gasteiger partial charge in [0, 0.05) is 13.5 Å². The monoisotopic (exact) mass is 181 g/mol. The number of ketones is 1. The van der Waals surface area contributed by atoms with Gasteiger partial charge in [-0.1, -0.05) is 0 Å². The number of hydrogen-bond acceptors (Lipinski definition) is 2. The first kappa shape index (κ1) is 8.73. The summed E-state index contributed by atoms with van der Waals surface area (Å²) in [5, 5.41) is 0. The summed E-state index contributed by atoms with van der Waals surface area (Å²) >= 11 is 0. The number of carbonyl (C=O) groups excluding carboxylic acids is 2. The Kier molecular flexibility index (Phi) is 1.90. The lowest BCUT2D eigenvalue weighted by atomic mass is 9.72. The molecule has 0 radical (unpaired) electrons. The van der Waals surface area contributed by atoms with Crippen LogP contribution in [0.3, 0.4) is 0 Å². The number of rotatable bonds is 1. The maximum absolute atomic E-state index is 11.4. The first-order chi connectivity index (χ1) is 6.11. The van der Waals surface area contributed by atoms with Crippen LogP contribution in [0.15, 0.2) is 0 Å². The normalized spacial score (nSPS) is 36.8. The standard InChI is InChI=1S/C10H15NO2/c1-6(12)10-9-4-3-8(9)5-11(10)7(2)13/h8-10H,3-5H2,1-2H3/t8?,9?,10-/m1/s1. The minimum atomic E-state index is -0.101. The van der Waals surface area contributed by atoms with Crippen molar-refractivity contribution >= 4 is 11.7 Å². The Morgan fingerprint density at radius 1 is 1.23 bits per heavy atom. The van der Waals surface area contributed by atoms with Crippen molar-refractivity contribution in [2.75, 3.05) is 6.54 Å². The van der Waals surface area contributed by atoms with Crippen LogP contribution >= 0.6 is 0 Å². The third kappa shape index (κ3) is 1.18. The van der Waals surface area contributed by atoms with Gasteiger partial charge in [0.2, 0.25) is 5.91 Å². The van der Waals surface area contributed by atoms with Gasteiger partial charge in [-0.25, -0.2) is 0 Å². The number of Topliss-reactive ketones (excluding diaryl/α,β-unsaturated/α-hetero) is 1. The molecular weight excluding hydrogens is 166 g/mol. The van der Waals surface area contributed by atoms with Gasteiger partial charge in [-0.3, -0.25) is 9.59 Å². The molecule has 3 atom stereocenters. The van der Waals surface area contributed by atoms with E-state index in [4.69, 9.17) is 0 Å². The average molecular weight is 181 g/mol. The van der Waals surface area contributed by atoms with Crippen molar-refractivity contribution in [1.29, 1.82) is 0 Å². The quantitative estimate of drug-likeness (QED) is 0.601. The highest BCUT2D eigenvalue weighted by atomic mass is 16.2. The molecule has 0 aromatic heterocycles. The van der Waals surface area contributed by atoms with E-state index in [2.05, 4.69) is 0 Å². The zero-order chi connectivity index (χ0) is 9.59. The number of likely N-dealkylation sites (tertiary alicyclic amines) is 1. The second-order valence-electron chi connectivity index (χ2n) is 4.23. The van der Waals surface area contributed by atoms with Crippen molar-refractivity contribution < 1.29 is 9.59 Å². The van der Waals surface area contributed by atoms with Gasteiger partial charge in [-0.15, -0.1) is 0 Å². The Balaban J connectivity index is 2.19. The Hall–Kier alpha value is -0.860. The topological polar surface area (TPSA) is 37.4 Å². The fourth-order valence-electron chi connectivity index (χ4n) is 2.68. The summed E-state index contributed by atoms with van der Waals surface area (Å²) in [5.74, 6) is 1.29. The molecule has 2 aliphatic rings. The SMILES string of the molecule is CC(=O)[C@@H]1C2CCC2CN1C(C)=O. The summed E-state index contributed by atoms with van der Waals surface area (Å²) in [7, 11) is 0. The molecule has 1 amide bonds. The summed E-state index contributed by atoms with van der Waals surface area (Å²) < 4.78 is 0. The molecule has 2 rings (SSSR count). The van der Waals surface area contributed by atoms with Crippen molar-refractivity contribution in [3.8, 4) is 0 Å². The molecule has 1 heterocycles. The molecule has 72 valence electrons. The molecule has 2 fully saturated rings. The zero-order valence-electron chi connectivity index (χ0n) is 8.12. The highest BCUT2D eigenvalue weighted by Crippen LogP contribution is 2.44. The second kappa shape index (κ2) is 2.82. The lowest BCUT2D eigenvalue weighted by Gasteiger charge is -2.32. The van der Waals surface area contributed by atoms with Crippen LogP contribution in [0, 0.1) is 11.8 Å². The first-order valence-electron chi connectivity index (χ1n) is 4.89. The third-order valence-corrected chi connectivity index (χ3v) is 3.47. The number of carbonyl (C=O) groups is 2. The predicted molar refractivity (Wildman–Crippen MR) is 48.1 cm³/mol. The molecule has 0 aromatic rings. The molecule has 1 aliphatic carbocycles. The van der Waals surface area contributed by atoms with Gasteiger partial charge >= 0.3 is 0 Å². The van der Waals surface area contributed by atoms with E-state index in [9.17, 15) is 9.59 Å². The fraction of sp³-hybridized carbons (Fsp3) is 0.800. The highest BCUT2D eigenvalue weighted by Gasteiger charge is 2.49. The van der Waals surface area contributed by atoms with E-state index in [0.717, 1.165) is 13.0 Å². The molecule has 3 nitrogen and oxygen atoms in total. The maximum atomic E-state index is 11.4. The molecule has 1 aliphatic heterocycles. The van der Waals surface area contributed by atoms with Crippen LogP contribution in [0.1, 0.15) is 26.7 Å². The van der Waals surface area contributed by atoms with Crippen molar-refractivity contribution in [1.82, 2.24) is 4.90 Å². The van der Waals surface area contributed by atoms with Gasteiger partial charge in [-0.2, -0.15) is 0 Å². The highest BCUT2D eigenvalue weighted by molar-refractivity contribution is 5.87. The van der Waals surface area contributed by atoms with Crippen LogP contribution in [0.5, 0.6) is 0 Å². The lowest BCUT2D eigenvalue weighted by molar-refractivity contribution is -0.136. The molecule has 0 spiro atoms. The summed E-state index contributed by atoms with van der Waals surface area (Å²) in [4.78, 5) is 24.4. The van der Waals surface area contributed by atoms with E-state index in [1.807, 2.05) is 0 Å². The Morgan fingerprint density at radius 2 is 1.92 bits per heavy atom. The number of nitrogens with zero attached hydrogens (tertiary/aromatic N) is 1. The van der Waals surface area contributed by atoms with Crippen LogP contribution in [0.4, 0.5) is 0 Å². The average Bonchev–Trinajstić information content (AvgIpc) is 2.23. The minimum absolute atomic E-state index is 0.0506. The Morgan fingerprint density at radius 3 is 2.31 bits per heavy atom. The third-order valence-electron chi connectivity index (χ3n) is 3.47. The van der Waals surface area contributed by atoms with Gasteiger partial charge in [0.05, 0.1) is 6.04 Å². The zero-order valence-corrected chi connectivity index (χ0v) is 8.12. The summed E-state index contributed by atoms with van der Waals surface area (Å²) in [5.41, 5.74) is 0. The van der Waals surface area contributed by atoms with Crippen LogP contribution in [-0.4, -0.2) is 29.2 Å². The van der Waals surface area contributed by atoms with E-state index in [1.54, 1.807) is 18.7 Å². The fourth-order valence-corrected chi connectivity index (χ4v) is 2.68. The van der Waals surface area contributed by atoms with Crippen molar-refractivity contribution in [2.24, 2.45) is 11.8 Å². The van der Waals surface area contributed by atoms with Gasteiger partial charge in [0.15, 0.2) is 5.78 Å². The van der Waals surface area contributed by atoms with E-state index in [-0.39, 0.29) is 17.7 Å². The van der Waals surface area contributed by atoms with Crippen LogP contribution < -0.4 is 0 Å². The summed E-state index contributed by atoms with van der Waals surface area (Å²) in [6.45, 7) is 3.96. The molecular formula is C10H15NO2. The van der Waals surface area contributed by atoms with E-state index < -0.39 is 0 Å². The van der Waals surface area contributed by atoms with Gasteiger partial charge in [-0.05, 0) is 31.6 Å². The van der Waals surface area contributed by atoms with E-state index in [0.29, 0.717) is 11.8 Å². The largest absolute Gasteiger partial charge is 0.332 e. The Bertz CT molecular complexity index is 262. The van der Waals surface area contributed by atoms with Crippen LogP contribution in [0.2, 0.25) is 0 Å². The van der Waals surface area contributed by atoms with E-state index >= 15 is 0 Å². The molecule has 0 aromatic carbocycles. The number of amides is 1. The van der Waals surface area contributed by atoms with Crippen molar-refractivity contribution in [2.45, 2.75) is 32.7 Å². The number of fused-ring (bicyclic) bond motifs is 1. The Labute approximate surface area is 78.1 Å². The molecule has 2 unspecified atom stereocenters. The molecule has 0 N–H and O–H groups in total. The first-order valence-corrected chi connectivity index (χ1v) is 4.89. The predicted octanol–water partition coefficient (Wildman–Crippen LogP) is 0.832. The molecule has 1 saturated heterocycles. The summed E-state index contributed by atoms with van der Waals surface area (Å²) in [6, 6.07) is -0.101. The number of hydrogen-bond donors (Lipinski definition) is 0. The molecule has 13 heavy (non-hydrogen) atoms. The van der Waals surface area contributed by atoms with Gasteiger partial charge < -0.3 is 4.90 Å². The maximum Gasteiger partial charge on any atom is 0.220 e. The van der Waals surface area contributed by atoms with Crippen molar-refractivity contribution in [3.05, 3.63) is 0 Å². The van der Waals surface area contributed by atoms with Gasteiger partial charge in [0.25, 0.3) is 0 Å². The van der Waals surface area contributed by atoms with Crippen molar-refractivity contribution in [3.63, 3.8) is 0 Å². The summed E-state index contributed by atoms with van der Waals surface area (Å²) in [6.07, 6.45) is 2.32. The van der Waals surface area contributed by atoms with Gasteiger partial charge in [0.1, 0.15) is 0 Å². The van der Waals surface area contributed by atoms with Crippen LogP contribution in [-0.2, 0) is 9.59 Å². The lowest BCUT2D eigenvalue weighted by Crippen LogP contribution is -2.42. The van der Waals surface area contributed by atoms with Crippen LogP contribution in [0.25, 0.3) is 0 Å². The smallest absolute Gasteiger partial charge is 0.220 e. The second-order valence-corrected chi connectivity index (χ2v) is 4.23. The molecule has 3 heteroatoms. The molecule has 1 saturated carbocycles. The minimum Gasteiger partial charge on any atom is -0.332 e.